The van der Waals surface area contributed by atoms with Crippen LogP contribution in [0, 0.1) is 17.9 Å². The zero-order chi connectivity index (χ0) is 17.6. The van der Waals surface area contributed by atoms with E-state index in [0.717, 1.165) is 16.2 Å². The Balaban J connectivity index is 2.14. The van der Waals surface area contributed by atoms with Crippen LogP contribution in [-0.2, 0) is 0 Å². The number of pyridine rings is 1. The van der Waals surface area contributed by atoms with Gasteiger partial charge in [-0.15, -0.1) is 0 Å². The summed E-state index contributed by atoms with van der Waals surface area (Å²) in [5.41, 5.74) is 2.17. The summed E-state index contributed by atoms with van der Waals surface area (Å²) in [7, 11) is 1.60. The molecular formula is C20H13N3OS. The van der Waals surface area contributed by atoms with Crippen LogP contribution in [0.4, 0.5) is 5.69 Å². The lowest BCUT2D eigenvalue weighted by atomic mass is 10.0. The molecule has 3 aromatic rings. The van der Waals surface area contributed by atoms with E-state index in [1.54, 1.807) is 7.11 Å². The molecule has 0 aliphatic rings. The van der Waals surface area contributed by atoms with Crippen LogP contribution in [0.5, 0.6) is 5.75 Å². The number of hydrogen-bond donors (Lipinski definition) is 0. The van der Waals surface area contributed by atoms with Crippen molar-refractivity contribution in [1.82, 2.24) is 4.98 Å². The zero-order valence-electron chi connectivity index (χ0n) is 13.4. The van der Waals surface area contributed by atoms with E-state index in [-0.39, 0.29) is 0 Å². The topological polar surface area (TPSA) is 50.3 Å². The Morgan fingerprint density at radius 3 is 2.44 bits per heavy atom. The normalized spacial score (nSPS) is 9.88. The highest BCUT2D eigenvalue weighted by Crippen LogP contribution is 2.39. The average molecular weight is 343 g/mol. The molecule has 0 fully saturated rings. The first-order chi connectivity index (χ1) is 12.3. The van der Waals surface area contributed by atoms with Gasteiger partial charge in [-0.1, -0.05) is 42.1 Å². The molecule has 0 aliphatic carbocycles. The number of rotatable bonds is 4. The smallest absolute Gasteiger partial charge is 0.214 e. The fourth-order valence-corrected chi connectivity index (χ4v) is 3.27. The molecule has 25 heavy (non-hydrogen) atoms. The van der Waals surface area contributed by atoms with Crippen molar-refractivity contribution in [2.75, 3.05) is 7.11 Å². The minimum atomic E-state index is 0.360. The van der Waals surface area contributed by atoms with E-state index in [1.807, 2.05) is 54.6 Å². The van der Waals surface area contributed by atoms with Crippen LogP contribution in [-0.4, -0.2) is 12.1 Å². The van der Waals surface area contributed by atoms with Gasteiger partial charge in [-0.3, -0.25) is 4.98 Å². The number of nitrogens with zero attached hydrogens (tertiary/aromatic N) is 3. The molecule has 2 aromatic carbocycles. The molecule has 0 aliphatic heterocycles. The maximum absolute atomic E-state index is 9.73. The van der Waals surface area contributed by atoms with Gasteiger partial charge in [0.2, 0.25) is 5.69 Å². The van der Waals surface area contributed by atoms with Crippen LogP contribution >= 0.6 is 11.8 Å². The Labute approximate surface area is 150 Å². The molecule has 120 valence electrons. The molecule has 0 saturated carbocycles. The number of methoxy groups -OCH3 is 1. The van der Waals surface area contributed by atoms with Gasteiger partial charge in [0.25, 0.3) is 0 Å². The molecule has 4 nitrogen and oxygen atoms in total. The lowest BCUT2D eigenvalue weighted by Crippen LogP contribution is -1.93. The summed E-state index contributed by atoms with van der Waals surface area (Å²) in [4.78, 5) is 8.87. The van der Waals surface area contributed by atoms with Crippen molar-refractivity contribution >= 4 is 17.4 Å². The van der Waals surface area contributed by atoms with Crippen LogP contribution < -0.4 is 4.74 Å². The van der Waals surface area contributed by atoms with Gasteiger partial charge in [-0.05, 0) is 29.8 Å². The maximum atomic E-state index is 9.73. The molecule has 0 bridgehead atoms. The number of hydrogen-bond acceptors (Lipinski definition) is 4. The fourth-order valence-electron chi connectivity index (χ4n) is 2.40. The minimum Gasteiger partial charge on any atom is -0.497 e. The lowest BCUT2D eigenvalue weighted by molar-refractivity contribution is 0.415. The third kappa shape index (κ3) is 3.47. The van der Waals surface area contributed by atoms with Crippen molar-refractivity contribution in [3.8, 4) is 22.9 Å². The number of aromatic nitrogens is 1. The summed E-state index contributed by atoms with van der Waals surface area (Å²) in [6.45, 7) is 7.42. The van der Waals surface area contributed by atoms with Gasteiger partial charge >= 0.3 is 0 Å². The summed E-state index contributed by atoms with van der Waals surface area (Å²) < 4.78 is 5.18. The summed E-state index contributed by atoms with van der Waals surface area (Å²) >= 11 is 1.41. The van der Waals surface area contributed by atoms with Crippen LogP contribution in [0.1, 0.15) is 5.56 Å². The Morgan fingerprint density at radius 2 is 1.84 bits per heavy atom. The van der Waals surface area contributed by atoms with Crippen molar-refractivity contribution in [3.63, 3.8) is 0 Å². The van der Waals surface area contributed by atoms with E-state index in [1.165, 1.54) is 18.0 Å². The summed E-state index contributed by atoms with van der Waals surface area (Å²) in [5, 5.41) is 10.3. The molecule has 5 heteroatoms. The SMILES string of the molecule is [C-]#[N+]c1cnc(Sc2ccccc2)c(C#N)c1-c1ccc(OC)cc1. The van der Waals surface area contributed by atoms with Gasteiger partial charge in [0.1, 0.15) is 16.8 Å². The number of benzene rings is 2. The fraction of sp³-hybridized carbons (Fsp3) is 0.0500. The van der Waals surface area contributed by atoms with Crippen LogP contribution in [0.15, 0.2) is 70.7 Å². The van der Waals surface area contributed by atoms with Gasteiger partial charge in [-0.2, -0.15) is 5.26 Å². The van der Waals surface area contributed by atoms with Crippen molar-refractivity contribution in [3.05, 3.63) is 77.8 Å². The molecule has 1 heterocycles. The Morgan fingerprint density at radius 1 is 1.12 bits per heavy atom. The molecule has 0 N–H and O–H groups in total. The van der Waals surface area contributed by atoms with E-state index in [2.05, 4.69) is 15.9 Å². The molecule has 3 rings (SSSR count). The quantitative estimate of drug-likeness (QED) is 0.601. The van der Waals surface area contributed by atoms with E-state index in [4.69, 9.17) is 11.3 Å². The highest BCUT2D eigenvalue weighted by Gasteiger charge is 2.17. The van der Waals surface area contributed by atoms with E-state index >= 15 is 0 Å². The first-order valence-electron chi connectivity index (χ1n) is 7.44. The number of ether oxygens (including phenoxy) is 1. The largest absolute Gasteiger partial charge is 0.497 e. The van der Waals surface area contributed by atoms with Crippen molar-refractivity contribution in [2.45, 2.75) is 9.92 Å². The second-order valence-corrected chi connectivity index (χ2v) is 6.13. The average Bonchev–Trinajstić information content (AvgIpc) is 2.68. The van der Waals surface area contributed by atoms with Gasteiger partial charge in [-0.25, -0.2) is 4.85 Å². The minimum absolute atomic E-state index is 0.360. The van der Waals surface area contributed by atoms with Crippen molar-refractivity contribution < 1.29 is 4.74 Å². The zero-order valence-corrected chi connectivity index (χ0v) is 14.2. The Kier molecular flexibility index (Phi) is 4.99. The predicted octanol–water partition coefficient (Wildman–Crippen LogP) is 5.33. The standard InChI is InChI=1S/C20H13N3OS/c1-22-18-13-23-20(25-16-6-4-3-5-7-16)17(12-21)19(18)14-8-10-15(24-2)11-9-14/h3-11,13H,2H3. The summed E-state index contributed by atoms with van der Waals surface area (Å²) in [6, 6.07) is 19.3. The highest BCUT2D eigenvalue weighted by molar-refractivity contribution is 7.99. The molecule has 0 amide bonds. The van der Waals surface area contributed by atoms with E-state index < -0.39 is 0 Å². The molecule has 0 atom stereocenters. The van der Waals surface area contributed by atoms with Gasteiger partial charge in [0, 0.05) is 16.7 Å². The molecular weight excluding hydrogens is 330 g/mol. The third-order valence-corrected chi connectivity index (χ3v) is 4.60. The Bertz CT molecular complexity index is 971. The first kappa shape index (κ1) is 16.6. The summed E-state index contributed by atoms with van der Waals surface area (Å²) in [6.07, 6.45) is 1.53. The lowest BCUT2D eigenvalue weighted by Gasteiger charge is -2.11. The van der Waals surface area contributed by atoms with Crippen LogP contribution in [0.3, 0.4) is 0 Å². The Hall–Kier alpha value is -3.28. The second-order valence-electron chi connectivity index (χ2n) is 5.07. The van der Waals surface area contributed by atoms with Crippen molar-refractivity contribution in [1.29, 1.82) is 5.26 Å². The van der Waals surface area contributed by atoms with Crippen LogP contribution in [0.25, 0.3) is 16.0 Å². The van der Waals surface area contributed by atoms with Gasteiger partial charge in [0.05, 0.1) is 19.2 Å². The second kappa shape index (κ2) is 7.53. The predicted molar refractivity (Wildman–Crippen MR) is 97.8 cm³/mol. The molecule has 0 unspecified atom stereocenters. The van der Waals surface area contributed by atoms with Crippen molar-refractivity contribution in [2.24, 2.45) is 0 Å². The first-order valence-corrected chi connectivity index (χ1v) is 8.26. The molecule has 0 spiro atoms. The van der Waals surface area contributed by atoms with E-state index in [9.17, 15) is 5.26 Å². The number of nitriles is 1. The maximum Gasteiger partial charge on any atom is 0.214 e. The van der Waals surface area contributed by atoms with Gasteiger partial charge in [0.15, 0.2) is 0 Å². The van der Waals surface area contributed by atoms with Crippen LogP contribution in [0.2, 0.25) is 0 Å². The highest BCUT2D eigenvalue weighted by atomic mass is 32.2. The third-order valence-electron chi connectivity index (χ3n) is 3.59. The molecule has 0 radical (unpaired) electrons. The van der Waals surface area contributed by atoms with Gasteiger partial charge < -0.3 is 4.74 Å². The molecule has 1 aromatic heterocycles. The molecule has 0 saturated heterocycles. The monoisotopic (exact) mass is 343 g/mol. The van der Waals surface area contributed by atoms with E-state index in [0.29, 0.717) is 21.8 Å². The summed E-state index contributed by atoms with van der Waals surface area (Å²) in [5.74, 6) is 0.722.